The molecule has 4 rings (SSSR count). The Hall–Kier alpha value is -4.01. The second-order valence-corrected chi connectivity index (χ2v) is 6.79. The van der Waals surface area contributed by atoms with E-state index in [2.05, 4.69) is 20.8 Å². The van der Waals surface area contributed by atoms with Gasteiger partial charge in [0, 0.05) is 6.07 Å². The molecule has 9 heteroatoms. The Morgan fingerprint density at radius 3 is 2.67 bits per heavy atom. The average molecular weight is 405 g/mol. The molecule has 2 aromatic carbocycles. The van der Waals surface area contributed by atoms with E-state index < -0.39 is 18.0 Å². The van der Waals surface area contributed by atoms with Crippen molar-refractivity contribution in [2.45, 2.75) is 26.5 Å². The maximum atomic E-state index is 12.4. The normalized spacial score (nSPS) is 11.9. The molecule has 0 unspecified atom stereocenters. The fourth-order valence-corrected chi connectivity index (χ4v) is 2.89. The number of hydrogen-bond donors (Lipinski definition) is 1. The summed E-state index contributed by atoms with van der Waals surface area (Å²) in [6.07, 6.45) is -0.990. The maximum absolute atomic E-state index is 12.4. The van der Waals surface area contributed by atoms with Gasteiger partial charge in [-0.2, -0.15) is 0 Å². The quantitative estimate of drug-likeness (QED) is 0.491. The van der Waals surface area contributed by atoms with Crippen molar-refractivity contribution < 1.29 is 18.8 Å². The standard InChI is InChI=1S/C21H19N5O4/c1-13-11-19(24-30-13)22-20(27)14(2)29-21(28)16-9-7-15(8-10-16)12-26-18-6-4-3-5-17(18)23-25-26/h3-11,14H,12H2,1-2H3,(H,22,24,27)/t14-/m1/s1. The maximum Gasteiger partial charge on any atom is 0.338 e. The Balaban J connectivity index is 1.37. The largest absolute Gasteiger partial charge is 0.449 e. The molecule has 0 aliphatic heterocycles. The molecule has 4 aromatic rings. The van der Waals surface area contributed by atoms with Crippen molar-refractivity contribution in [2.24, 2.45) is 0 Å². The van der Waals surface area contributed by atoms with Crippen LogP contribution >= 0.6 is 0 Å². The van der Waals surface area contributed by atoms with Crippen LogP contribution in [0.3, 0.4) is 0 Å². The molecule has 1 amide bonds. The Morgan fingerprint density at radius 1 is 1.17 bits per heavy atom. The highest BCUT2D eigenvalue weighted by Crippen LogP contribution is 2.14. The van der Waals surface area contributed by atoms with Crippen LogP contribution in [0.15, 0.2) is 59.1 Å². The zero-order valence-electron chi connectivity index (χ0n) is 16.4. The number of nitrogens with one attached hydrogen (secondary N) is 1. The van der Waals surface area contributed by atoms with Crippen LogP contribution in [0.5, 0.6) is 0 Å². The summed E-state index contributed by atoms with van der Waals surface area (Å²) in [7, 11) is 0. The molecule has 0 radical (unpaired) electrons. The van der Waals surface area contributed by atoms with Crippen LogP contribution in [-0.2, 0) is 16.1 Å². The molecule has 9 nitrogen and oxygen atoms in total. The molecule has 0 bridgehead atoms. The zero-order chi connectivity index (χ0) is 21.1. The molecule has 0 saturated heterocycles. The first-order chi connectivity index (χ1) is 14.5. The van der Waals surface area contributed by atoms with Crippen molar-refractivity contribution in [3.8, 4) is 0 Å². The van der Waals surface area contributed by atoms with Gasteiger partial charge in [0.05, 0.1) is 17.6 Å². The summed E-state index contributed by atoms with van der Waals surface area (Å²) in [6.45, 7) is 3.72. The Kier molecular flexibility index (Phi) is 5.25. The number of amides is 1. The lowest BCUT2D eigenvalue weighted by Gasteiger charge is -2.12. The summed E-state index contributed by atoms with van der Waals surface area (Å²) in [5.41, 5.74) is 3.06. The summed E-state index contributed by atoms with van der Waals surface area (Å²) in [4.78, 5) is 24.5. The van der Waals surface area contributed by atoms with Gasteiger partial charge in [-0.15, -0.1) is 5.10 Å². The molecule has 1 N–H and O–H groups in total. The average Bonchev–Trinajstić information content (AvgIpc) is 3.34. The van der Waals surface area contributed by atoms with Crippen molar-refractivity contribution in [3.05, 3.63) is 71.5 Å². The van der Waals surface area contributed by atoms with E-state index in [1.165, 1.54) is 6.92 Å². The molecule has 0 aliphatic rings. The lowest BCUT2D eigenvalue weighted by Crippen LogP contribution is -2.30. The Labute approximate surface area is 171 Å². The van der Waals surface area contributed by atoms with Crippen molar-refractivity contribution in [3.63, 3.8) is 0 Å². The number of esters is 1. The van der Waals surface area contributed by atoms with Gasteiger partial charge in [-0.05, 0) is 43.7 Å². The van der Waals surface area contributed by atoms with Gasteiger partial charge < -0.3 is 14.6 Å². The number of nitrogens with zero attached hydrogens (tertiary/aromatic N) is 4. The molecule has 0 spiro atoms. The second kappa shape index (κ2) is 8.16. The second-order valence-electron chi connectivity index (χ2n) is 6.79. The summed E-state index contributed by atoms with van der Waals surface area (Å²) < 4.78 is 11.9. The third kappa shape index (κ3) is 4.19. The number of aryl methyl sites for hydroxylation is 1. The van der Waals surface area contributed by atoms with Crippen molar-refractivity contribution in [1.82, 2.24) is 20.2 Å². The van der Waals surface area contributed by atoms with Gasteiger partial charge in [-0.3, -0.25) is 4.79 Å². The number of ether oxygens (including phenoxy) is 1. The molecule has 30 heavy (non-hydrogen) atoms. The Morgan fingerprint density at radius 2 is 1.93 bits per heavy atom. The van der Waals surface area contributed by atoms with Crippen LogP contribution < -0.4 is 5.32 Å². The number of rotatable bonds is 6. The molecule has 2 aromatic heterocycles. The van der Waals surface area contributed by atoms with Crippen molar-refractivity contribution in [2.75, 3.05) is 5.32 Å². The van der Waals surface area contributed by atoms with Crippen LogP contribution in [0, 0.1) is 6.92 Å². The van der Waals surface area contributed by atoms with Gasteiger partial charge in [0.2, 0.25) is 0 Å². The lowest BCUT2D eigenvalue weighted by molar-refractivity contribution is -0.123. The predicted octanol–water partition coefficient (Wildman–Crippen LogP) is 2.96. The summed E-state index contributed by atoms with van der Waals surface area (Å²) >= 11 is 0. The van der Waals surface area contributed by atoms with Crippen LogP contribution in [0.25, 0.3) is 11.0 Å². The van der Waals surface area contributed by atoms with Crippen molar-refractivity contribution in [1.29, 1.82) is 0 Å². The number of carbonyl (C=O) groups excluding carboxylic acids is 2. The first-order valence-corrected chi connectivity index (χ1v) is 9.32. The number of para-hydroxylation sites is 1. The fourth-order valence-electron chi connectivity index (χ4n) is 2.89. The minimum absolute atomic E-state index is 0.269. The third-order valence-electron chi connectivity index (χ3n) is 4.47. The SMILES string of the molecule is Cc1cc(NC(=O)[C@@H](C)OC(=O)c2ccc(Cn3nnc4ccccc43)cc2)no1. The number of anilines is 1. The topological polar surface area (TPSA) is 112 Å². The highest BCUT2D eigenvalue weighted by molar-refractivity contribution is 5.96. The van der Waals surface area contributed by atoms with Gasteiger partial charge in [0.15, 0.2) is 11.9 Å². The monoisotopic (exact) mass is 405 g/mol. The van der Waals surface area contributed by atoms with Crippen molar-refractivity contribution >= 4 is 28.7 Å². The summed E-state index contributed by atoms with van der Waals surface area (Å²) in [5.74, 6) is -0.252. The number of hydrogen-bond acceptors (Lipinski definition) is 7. The van der Waals surface area contributed by atoms with E-state index in [9.17, 15) is 9.59 Å². The number of carbonyl (C=O) groups is 2. The minimum Gasteiger partial charge on any atom is -0.449 e. The van der Waals surface area contributed by atoms with Gasteiger partial charge in [0.25, 0.3) is 5.91 Å². The summed E-state index contributed by atoms with van der Waals surface area (Å²) in [5, 5.41) is 14.5. The zero-order valence-corrected chi connectivity index (χ0v) is 16.4. The smallest absolute Gasteiger partial charge is 0.338 e. The van der Waals surface area contributed by atoms with E-state index >= 15 is 0 Å². The Bertz CT molecular complexity index is 1200. The van der Waals surface area contributed by atoms with Crippen LogP contribution in [-0.4, -0.2) is 38.1 Å². The molecular weight excluding hydrogens is 386 g/mol. The number of fused-ring (bicyclic) bond motifs is 1. The van der Waals surface area contributed by atoms with Gasteiger partial charge in [-0.25, -0.2) is 9.48 Å². The predicted molar refractivity (Wildman–Crippen MR) is 108 cm³/mol. The van der Waals surface area contributed by atoms with Crippen LogP contribution in [0.4, 0.5) is 5.82 Å². The summed E-state index contributed by atoms with van der Waals surface area (Å²) in [6, 6.07) is 16.2. The van der Waals surface area contributed by atoms with Gasteiger partial charge in [-0.1, -0.05) is 34.6 Å². The number of aromatic nitrogens is 4. The molecular formula is C21H19N5O4. The van der Waals surface area contributed by atoms with E-state index in [4.69, 9.17) is 9.26 Å². The molecule has 152 valence electrons. The first-order valence-electron chi connectivity index (χ1n) is 9.32. The van der Waals surface area contributed by atoms with Gasteiger partial charge >= 0.3 is 5.97 Å². The van der Waals surface area contributed by atoms with E-state index in [1.54, 1.807) is 29.8 Å². The van der Waals surface area contributed by atoms with E-state index in [0.29, 0.717) is 17.9 Å². The highest BCUT2D eigenvalue weighted by atomic mass is 16.5. The van der Waals surface area contributed by atoms with E-state index in [1.807, 2.05) is 36.4 Å². The lowest BCUT2D eigenvalue weighted by atomic mass is 10.1. The third-order valence-corrected chi connectivity index (χ3v) is 4.47. The van der Waals surface area contributed by atoms with Crippen LogP contribution in [0.2, 0.25) is 0 Å². The van der Waals surface area contributed by atoms with E-state index in [0.717, 1.165) is 16.6 Å². The molecule has 0 aliphatic carbocycles. The van der Waals surface area contributed by atoms with Gasteiger partial charge in [0.1, 0.15) is 11.3 Å². The van der Waals surface area contributed by atoms with Crippen LogP contribution in [0.1, 0.15) is 28.6 Å². The highest BCUT2D eigenvalue weighted by Gasteiger charge is 2.20. The molecule has 0 fully saturated rings. The fraction of sp³-hybridized carbons (Fsp3) is 0.190. The molecule has 2 heterocycles. The number of benzene rings is 2. The molecule has 1 atom stereocenters. The molecule has 0 saturated carbocycles. The first kappa shape index (κ1) is 19.3. The van der Waals surface area contributed by atoms with E-state index in [-0.39, 0.29) is 5.82 Å². The minimum atomic E-state index is -0.990.